The fraction of sp³-hybridized carbons (Fsp3) is 0.345. The van der Waals surface area contributed by atoms with Crippen LogP contribution in [0.4, 0.5) is 16.0 Å². The first kappa shape index (κ1) is 26.3. The number of nitriles is 1. The second-order valence-electron chi connectivity index (χ2n) is 10.1. The lowest BCUT2D eigenvalue weighted by atomic mass is 9.96. The third-order valence-electron chi connectivity index (χ3n) is 7.10. The molecular weight excluding hydrogens is 497 g/mol. The molecule has 2 fully saturated rings. The predicted molar refractivity (Wildman–Crippen MR) is 146 cm³/mol. The van der Waals surface area contributed by atoms with Crippen molar-refractivity contribution in [2.45, 2.75) is 50.2 Å². The van der Waals surface area contributed by atoms with Crippen molar-refractivity contribution in [3.8, 4) is 17.2 Å². The van der Waals surface area contributed by atoms with Crippen LogP contribution in [-0.2, 0) is 9.59 Å². The maximum Gasteiger partial charge on any atom is 0.249 e. The monoisotopic (exact) mass is 527 g/mol. The van der Waals surface area contributed by atoms with E-state index in [9.17, 15) is 14.0 Å². The highest BCUT2D eigenvalue weighted by atomic mass is 19.1. The Morgan fingerprint density at radius 1 is 1.21 bits per heavy atom. The topological polar surface area (TPSA) is 127 Å². The molecule has 1 unspecified atom stereocenters. The van der Waals surface area contributed by atoms with Crippen LogP contribution in [0.25, 0.3) is 11.1 Å². The molecular formula is C29H30FN7O2. The number of H-pyrrole nitrogens is 1. The quantitative estimate of drug-likeness (QED) is 0.351. The van der Waals surface area contributed by atoms with Gasteiger partial charge in [0.2, 0.25) is 11.8 Å². The molecule has 1 saturated carbocycles. The molecule has 3 heterocycles. The van der Waals surface area contributed by atoms with Crippen molar-refractivity contribution < 1.29 is 14.0 Å². The molecule has 1 aliphatic heterocycles. The standard InChI is InChI=1S/C29H30FN7O2/c1-18(29(39)34-27-14-25(35-36-27)19-7-8-19)20-4-2-5-21(12-20)22-9-10-26(32-16-22)33-28(38)6-3-11-37-17-23(30)13-24(37)15-31/h2-6,9-10,12,14,16,18-19,23-24H,7-8,11,13,17H2,1H3,(H,32,33,38)(H2,34,35,36,39)/b6-3+/t18?,23-,24-/m0/s1. The Labute approximate surface area is 226 Å². The minimum Gasteiger partial charge on any atom is -0.309 e. The number of carbonyl (C=O) groups is 2. The van der Waals surface area contributed by atoms with Crippen molar-refractivity contribution in [3.05, 3.63) is 72.1 Å². The molecule has 0 radical (unpaired) electrons. The summed E-state index contributed by atoms with van der Waals surface area (Å²) in [7, 11) is 0. The Morgan fingerprint density at radius 3 is 2.79 bits per heavy atom. The molecule has 3 N–H and O–H groups in total. The maximum atomic E-state index is 13.5. The molecule has 9 nitrogen and oxygen atoms in total. The minimum atomic E-state index is -1.01. The van der Waals surface area contributed by atoms with E-state index in [2.05, 4.69) is 31.9 Å². The van der Waals surface area contributed by atoms with Crippen LogP contribution in [0.2, 0.25) is 0 Å². The summed E-state index contributed by atoms with van der Waals surface area (Å²) in [4.78, 5) is 31.2. The van der Waals surface area contributed by atoms with E-state index in [1.54, 1.807) is 23.2 Å². The van der Waals surface area contributed by atoms with Gasteiger partial charge in [-0.15, -0.1) is 0 Å². The zero-order chi connectivity index (χ0) is 27.4. The summed E-state index contributed by atoms with van der Waals surface area (Å²) in [6.45, 7) is 2.38. The summed E-state index contributed by atoms with van der Waals surface area (Å²) in [5, 5.41) is 21.9. The number of hydrogen-bond donors (Lipinski definition) is 3. The van der Waals surface area contributed by atoms with Crippen LogP contribution in [-0.4, -0.2) is 57.2 Å². The molecule has 2 aromatic heterocycles. The average Bonchev–Trinajstić information content (AvgIpc) is 3.58. The van der Waals surface area contributed by atoms with Gasteiger partial charge >= 0.3 is 0 Å². The van der Waals surface area contributed by atoms with Crippen LogP contribution < -0.4 is 10.6 Å². The number of pyridine rings is 1. The molecule has 2 amide bonds. The SMILES string of the molecule is CC(C(=O)Nc1cc(C2CC2)[nH]n1)c1cccc(-c2ccc(NC(=O)/C=C/CN3C[C@@H](F)C[C@H]3C#N)nc2)c1. The third-order valence-corrected chi connectivity index (χ3v) is 7.10. The molecule has 0 spiro atoms. The molecule has 1 saturated heterocycles. The summed E-state index contributed by atoms with van der Waals surface area (Å²) in [5.41, 5.74) is 3.67. The number of hydrogen-bond acceptors (Lipinski definition) is 6. The molecule has 10 heteroatoms. The van der Waals surface area contributed by atoms with Gasteiger partial charge in [0.25, 0.3) is 0 Å². The van der Waals surface area contributed by atoms with Gasteiger partial charge in [0.15, 0.2) is 5.82 Å². The predicted octanol–water partition coefficient (Wildman–Crippen LogP) is 4.52. The number of nitrogens with one attached hydrogen (secondary N) is 3. The molecule has 39 heavy (non-hydrogen) atoms. The first-order valence-corrected chi connectivity index (χ1v) is 13.1. The molecule has 0 bridgehead atoms. The zero-order valence-electron chi connectivity index (χ0n) is 21.6. The summed E-state index contributed by atoms with van der Waals surface area (Å²) in [6, 6.07) is 14.8. The summed E-state index contributed by atoms with van der Waals surface area (Å²) in [5.74, 6) is 0.584. The van der Waals surface area contributed by atoms with Gasteiger partial charge in [-0.05, 0) is 43.0 Å². The smallest absolute Gasteiger partial charge is 0.249 e. The number of carbonyl (C=O) groups excluding carboxylic acids is 2. The fourth-order valence-corrected chi connectivity index (χ4v) is 4.66. The lowest BCUT2D eigenvalue weighted by Gasteiger charge is -2.15. The van der Waals surface area contributed by atoms with Gasteiger partial charge in [-0.1, -0.05) is 30.3 Å². The van der Waals surface area contributed by atoms with Gasteiger partial charge in [0, 0.05) is 55.0 Å². The van der Waals surface area contributed by atoms with E-state index in [1.165, 1.54) is 6.08 Å². The molecule has 1 aromatic carbocycles. The minimum absolute atomic E-state index is 0.136. The van der Waals surface area contributed by atoms with Crippen LogP contribution in [0, 0.1) is 11.3 Å². The lowest BCUT2D eigenvalue weighted by molar-refractivity contribution is -0.117. The van der Waals surface area contributed by atoms with Gasteiger partial charge in [-0.2, -0.15) is 10.4 Å². The summed E-state index contributed by atoms with van der Waals surface area (Å²) >= 11 is 0. The number of halogens is 1. The van der Waals surface area contributed by atoms with E-state index in [0.717, 1.165) is 35.2 Å². The van der Waals surface area contributed by atoms with Crippen LogP contribution in [0.3, 0.4) is 0 Å². The Hall–Kier alpha value is -4.36. The number of aromatic nitrogens is 3. The number of likely N-dealkylation sites (tertiary alicyclic amines) is 1. The molecule has 1 aliphatic carbocycles. The second kappa shape index (κ2) is 11.6. The highest BCUT2D eigenvalue weighted by Crippen LogP contribution is 2.39. The first-order chi connectivity index (χ1) is 18.9. The molecule has 200 valence electrons. The van der Waals surface area contributed by atoms with Gasteiger partial charge < -0.3 is 10.6 Å². The van der Waals surface area contributed by atoms with E-state index < -0.39 is 12.2 Å². The molecule has 2 aliphatic rings. The Morgan fingerprint density at radius 2 is 2.05 bits per heavy atom. The van der Waals surface area contributed by atoms with Crippen molar-refractivity contribution in [1.29, 1.82) is 5.26 Å². The number of nitrogens with zero attached hydrogens (tertiary/aromatic N) is 4. The number of alkyl halides is 1. The third kappa shape index (κ3) is 6.56. The van der Waals surface area contributed by atoms with E-state index >= 15 is 0 Å². The van der Waals surface area contributed by atoms with Crippen molar-refractivity contribution in [3.63, 3.8) is 0 Å². The van der Waals surface area contributed by atoms with Crippen molar-refractivity contribution in [2.24, 2.45) is 0 Å². The van der Waals surface area contributed by atoms with Crippen LogP contribution in [0.1, 0.15) is 49.3 Å². The largest absolute Gasteiger partial charge is 0.309 e. The van der Waals surface area contributed by atoms with Gasteiger partial charge in [-0.3, -0.25) is 19.6 Å². The van der Waals surface area contributed by atoms with Crippen LogP contribution >= 0.6 is 0 Å². The Bertz CT molecular complexity index is 1410. The van der Waals surface area contributed by atoms with E-state index in [4.69, 9.17) is 5.26 Å². The van der Waals surface area contributed by atoms with Crippen LogP contribution in [0.5, 0.6) is 0 Å². The number of benzene rings is 1. The second-order valence-corrected chi connectivity index (χ2v) is 10.1. The molecule has 3 atom stereocenters. The highest BCUT2D eigenvalue weighted by molar-refractivity contribution is 5.98. The summed E-state index contributed by atoms with van der Waals surface area (Å²) < 4.78 is 13.5. The highest BCUT2D eigenvalue weighted by Gasteiger charge is 2.31. The Balaban J connectivity index is 1.16. The fourth-order valence-electron chi connectivity index (χ4n) is 4.66. The normalized spacial score (nSPS) is 20.0. The number of rotatable bonds is 9. The number of amides is 2. The van der Waals surface area contributed by atoms with E-state index in [1.807, 2.05) is 43.3 Å². The van der Waals surface area contributed by atoms with Crippen molar-refractivity contribution in [2.75, 3.05) is 23.7 Å². The number of aromatic amines is 1. The lowest BCUT2D eigenvalue weighted by Crippen LogP contribution is -2.28. The average molecular weight is 528 g/mol. The van der Waals surface area contributed by atoms with Crippen LogP contribution in [0.15, 0.2) is 60.8 Å². The zero-order valence-corrected chi connectivity index (χ0v) is 21.6. The van der Waals surface area contributed by atoms with Crippen molar-refractivity contribution >= 4 is 23.5 Å². The summed E-state index contributed by atoms with van der Waals surface area (Å²) in [6.07, 6.45) is 6.15. The maximum absolute atomic E-state index is 13.5. The van der Waals surface area contributed by atoms with Gasteiger partial charge in [0.05, 0.1) is 12.0 Å². The Kier molecular flexibility index (Phi) is 7.79. The van der Waals surface area contributed by atoms with E-state index in [-0.39, 0.29) is 30.7 Å². The number of anilines is 2. The molecule has 3 aromatic rings. The molecule has 5 rings (SSSR count). The van der Waals surface area contributed by atoms with Crippen molar-refractivity contribution in [1.82, 2.24) is 20.1 Å². The van der Waals surface area contributed by atoms with E-state index in [0.29, 0.717) is 24.1 Å². The van der Waals surface area contributed by atoms with Gasteiger partial charge in [0.1, 0.15) is 18.0 Å². The van der Waals surface area contributed by atoms with Gasteiger partial charge in [-0.25, -0.2) is 9.37 Å². The first-order valence-electron chi connectivity index (χ1n) is 13.1.